The van der Waals surface area contributed by atoms with E-state index in [1.165, 1.54) is 108 Å². The summed E-state index contributed by atoms with van der Waals surface area (Å²) in [6, 6.07) is 71.5. The first-order valence-corrected chi connectivity index (χ1v) is 20.3. The van der Waals surface area contributed by atoms with E-state index >= 15 is 0 Å². The highest BCUT2D eigenvalue weighted by atomic mass is 32.1. The van der Waals surface area contributed by atoms with Gasteiger partial charge in [-0.05, 0) is 118 Å². The Labute approximate surface area is 333 Å². The average Bonchev–Trinajstić information content (AvgIpc) is 3.64. The van der Waals surface area contributed by atoms with Crippen LogP contribution in [0.15, 0.2) is 200 Å². The summed E-state index contributed by atoms with van der Waals surface area (Å²) in [5.41, 5.74) is 11.0. The maximum atomic E-state index is 4.70. The fraction of sp³-hybridized carbons (Fsp3) is 0. The Morgan fingerprint density at radius 1 is 0.281 bits per heavy atom. The third kappa shape index (κ3) is 4.98. The predicted octanol–water partition coefficient (Wildman–Crippen LogP) is 15.9. The van der Waals surface area contributed by atoms with E-state index < -0.39 is 0 Å². The van der Waals surface area contributed by atoms with E-state index in [-0.39, 0.29) is 0 Å². The van der Waals surface area contributed by atoms with Crippen molar-refractivity contribution in [2.45, 2.75) is 0 Å². The second-order valence-corrected chi connectivity index (χ2v) is 16.1. The van der Waals surface area contributed by atoms with Crippen molar-refractivity contribution in [2.24, 2.45) is 0 Å². The molecule has 0 bridgehead atoms. The molecule has 264 valence electrons. The number of benzene rings is 10. The Bertz CT molecular complexity index is 3460. The van der Waals surface area contributed by atoms with Crippen molar-refractivity contribution >= 4 is 85.5 Å². The molecule has 0 aliphatic heterocycles. The minimum atomic E-state index is 1.01. The van der Waals surface area contributed by atoms with Crippen molar-refractivity contribution in [3.8, 4) is 44.5 Å². The maximum absolute atomic E-state index is 4.70. The molecule has 0 unspecified atom stereocenters. The van der Waals surface area contributed by atoms with Gasteiger partial charge in [-0.1, -0.05) is 164 Å². The molecular formula is C55H33NS. The molecule has 57 heavy (non-hydrogen) atoms. The number of pyridine rings is 1. The predicted molar refractivity (Wildman–Crippen MR) is 246 cm³/mol. The Morgan fingerprint density at radius 3 is 1.30 bits per heavy atom. The number of nitrogens with zero attached hydrogens (tertiary/aromatic N) is 1. The second kappa shape index (κ2) is 12.7. The van der Waals surface area contributed by atoms with Crippen LogP contribution in [0.1, 0.15) is 0 Å². The van der Waals surface area contributed by atoms with Crippen LogP contribution in [0.4, 0.5) is 0 Å². The fourth-order valence-electron chi connectivity index (χ4n) is 9.42. The molecule has 2 aromatic heterocycles. The molecule has 10 aromatic carbocycles. The average molecular weight is 740 g/mol. The first kappa shape index (κ1) is 32.1. The van der Waals surface area contributed by atoms with E-state index in [4.69, 9.17) is 4.98 Å². The lowest BCUT2D eigenvalue weighted by molar-refractivity contribution is 1.41. The van der Waals surface area contributed by atoms with Crippen molar-refractivity contribution in [1.29, 1.82) is 0 Å². The number of hydrogen-bond donors (Lipinski definition) is 0. The van der Waals surface area contributed by atoms with E-state index in [1.54, 1.807) is 0 Å². The van der Waals surface area contributed by atoms with E-state index in [9.17, 15) is 0 Å². The minimum Gasteiger partial charge on any atom is -0.256 e. The van der Waals surface area contributed by atoms with Gasteiger partial charge >= 0.3 is 0 Å². The molecular weight excluding hydrogens is 707 g/mol. The molecule has 0 saturated carbocycles. The summed E-state index contributed by atoms with van der Waals surface area (Å²) in [6.45, 7) is 0. The van der Waals surface area contributed by atoms with Crippen LogP contribution < -0.4 is 0 Å². The van der Waals surface area contributed by atoms with Gasteiger partial charge in [0.05, 0.1) is 5.52 Å². The molecule has 0 fully saturated rings. The normalized spacial score (nSPS) is 11.9. The van der Waals surface area contributed by atoms with Crippen LogP contribution in [-0.2, 0) is 0 Å². The van der Waals surface area contributed by atoms with Crippen molar-refractivity contribution in [1.82, 2.24) is 4.98 Å². The SMILES string of the molecule is c1ccc(-c2c3ccccc3c(-c3ccc4sc5cc(-c6c7ccccc7c(-c7ccc8cccnc8c7)c7ccccc67)ccc5c4c3)c3ccccc23)cc1. The Kier molecular flexibility index (Phi) is 7.17. The number of rotatable bonds is 4. The molecule has 12 rings (SSSR count). The number of hydrogen-bond acceptors (Lipinski definition) is 2. The third-order valence-electron chi connectivity index (χ3n) is 11.9. The van der Waals surface area contributed by atoms with Gasteiger partial charge in [-0.2, -0.15) is 0 Å². The molecule has 1 nitrogen and oxygen atoms in total. The fourth-order valence-corrected chi connectivity index (χ4v) is 10.5. The highest BCUT2D eigenvalue weighted by Crippen LogP contribution is 2.48. The molecule has 0 aliphatic rings. The standard InChI is InChI=1S/C55H33NS/c1-2-13-35(14-3-1)52-40-16-4-6-18-42(40)53(43-19-7-5-17-41(43)52)36-27-29-50-48(31-36)39-28-26-38(33-51(39)57-50)55-46-22-10-8-20-44(46)54(45-21-9-11-23-47(45)55)37-25-24-34-15-12-30-56-49(34)32-37/h1-33H. The van der Waals surface area contributed by atoms with Gasteiger partial charge in [-0.3, -0.25) is 4.98 Å². The zero-order chi connectivity index (χ0) is 37.5. The quantitative estimate of drug-likeness (QED) is 0.164. The minimum absolute atomic E-state index is 1.01. The molecule has 0 spiro atoms. The molecule has 0 saturated heterocycles. The first-order valence-electron chi connectivity index (χ1n) is 19.5. The van der Waals surface area contributed by atoms with Gasteiger partial charge < -0.3 is 0 Å². The van der Waals surface area contributed by atoms with E-state index in [0.29, 0.717) is 0 Å². The highest BCUT2D eigenvalue weighted by Gasteiger charge is 2.20. The third-order valence-corrected chi connectivity index (χ3v) is 13.0. The Balaban J connectivity index is 1.05. The van der Waals surface area contributed by atoms with Gasteiger partial charge in [0.2, 0.25) is 0 Å². The van der Waals surface area contributed by atoms with Crippen LogP contribution in [0.2, 0.25) is 0 Å². The zero-order valence-electron chi connectivity index (χ0n) is 30.9. The van der Waals surface area contributed by atoms with Gasteiger partial charge in [-0.15, -0.1) is 11.3 Å². The van der Waals surface area contributed by atoms with Gasteiger partial charge in [0, 0.05) is 31.8 Å². The molecule has 0 atom stereocenters. The molecule has 2 heteroatoms. The lowest BCUT2D eigenvalue weighted by Crippen LogP contribution is -1.91. The molecule has 0 radical (unpaired) electrons. The second-order valence-electron chi connectivity index (χ2n) is 15.0. The highest BCUT2D eigenvalue weighted by molar-refractivity contribution is 7.25. The van der Waals surface area contributed by atoms with Gasteiger partial charge in [-0.25, -0.2) is 0 Å². The topological polar surface area (TPSA) is 12.9 Å². The van der Waals surface area contributed by atoms with Crippen LogP contribution in [0.5, 0.6) is 0 Å². The smallest absolute Gasteiger partial charge is 0.0708 e. The number of aromatic nitrogens is 1. The lowest BCUT2D eigenvalue weighted by Gasteiger charge is -2.18. The van der Waals surface area contributed by atoms with Gasteiger partial charge in [0.15, 0.2) is 0 Å². The molecule has 0 amide bonds. The van der Waals surface area contributed by atoms with Crippen LogP contribution in [-0.4, -0.2) is 4.98 Å². The van der Waals surface area contributed by atoms with Crippen molar-refractivity contribution < 1.29 is 0 Å². The Morgan fingerprint density at radius 2 is 0.737 bits per heavy atom. The summed E-state index contributed by atoms with van der Waals surface area (Å²) in [5.74, 6) is 0. The Hall–Kier alpha value is -7.13. The molecule has 2 heterocycles. The van der Waals surface area contributed by atoms with E-state index in [0.717, 1.165) is 10.9 Å². The summed E-state index contributed by atoms with van der Waals surface area (Å²) < 4.78 is 2.60. The maximum Gasteiger partial charge on any atom is 0.0708 e. The molecule has 12 aromatic rings. The summed E-state index contributed by atoms with van der Waals surface area (Å²) >= 11 is 1.89. The van der Waals surface area contributed by atoms with Crippen molar-refractivity contribution in [3.63, 3.8) is 0 Å². The molecule has 0 N–H and O–H groups in total. The van der Waals surface area contributed by atoms with Crippen molar-refractivity contribution in [3.05, 3.63) is 200 Å². The van der Waals surface area contributed by atoms with Crippen LogP contribution in [0.3, 0.4) is 0 Å². The number of fused-ring (bicyclic) bond motifs is 8. The number of thiophene rings is 1. The van der Waals surface area contributed by atoms with Crippen LogP contribution in [0, 0.1) is 0 Å². The largest absolute Gasteiger partial charge is 0.256 e. The molecule has 0 aliphatic carbocycles. The summed E-state index contributed by atoms with van der Waals surface area (Å²) in [7, 11) is 0. The van der Waals surface area contributed by atoms with E-state index in [1.807, 2.05) is 23.6 Å². The summed E-state index contributed by atoms with van der Waals surface area (Å²) in [4.78, 5) is 4.70. The summed E-state index contributed by atoms with van der Waals surface area (Å²) in [6.07, 6.45) is 1.88. The van der Waals surface area contributed by atoms with Crippen LogP contribution >= 0.6 is 11.3 Å². The first-order chi connectivity index (χ1) is 28.3. The lowest BCUT2D eigenvalue weighted by atomic mass is 9.85. The van der Waals surface area contributed by atoms with E-state index in [2.05, 4.69) is 188 Å². The zero-order valence-corrected chi connectivity index (χ0v) is 31.7. The monoisotopic (exact) mass is 739 g/mol. The van der Waals surface area contributed by atoms with Crippen molar-refractivity contribution in [2.75, 3.05) is 0 Å². The van der Waals surface area contributed by atoms with Crippen LogP contribution in [0.25, 0.3) is 119 Å². The van der Waals surface area contributed by atoms with Gasteiger partial charge in [0.25, 0.3) is 0 Å². The summed E-state index contributed by atoms with van der Waals surface area (Å²) in [5, 5.41) is 13.9. The van der Waals surface area contributed by atoms with Gasteiger partial charge in [0.1, 0.15) is 0 Å².